The van der Waals surface area contributed by atoms with Gasteiger partial charge in [-0.25, -0.2) is 14.8 Å². The fourth-order valence-electron chi connectivity index (χ4n) is 2.81. The number of nitrogens with zero attached hydrogens (tertiary/aromatic N) is 4. The molecule has 1 aliphatic heterocycles. The minimum absolute atomic E-state index is 0.0395. The van der Waals surface area contributed by atoms with Crippen molar-refractivity contribution < 1.29 is 14.6 Å². The lowest BCUT2D eigenvalue weighted by Crippen LogP contribution is -2.32. The maximum Gasteiger partial charge on any atom is 0.344 e. The summed E-state index contributed by atoms with van der Waals surface area (Å²) in [4.78, 5) is 19.5. The van der Waals surface area contributed by atoms with Crippen molar-refractivity contribution in [1.82, 2.24) is 10.3 Å². The van der Waals surface area contributed by atoms with Crippen molar-refractivity contribution in [3.8, 4) is 18.0 Å². The fourth-order valence-corrected chi connectivity index (χ4v) is 2.81. The summed E-state index contributed by atoms with van der Waals surface area (Å²) in [5, 5.41) is 32.4. The van der Waals surface area contributed by atoms with Crippen LogP contribution in [0.3, 0.4) is 0 Å². The first-order valence-corrected chi connectivity index (χ1v) is 8.34. The summed E-state index contributed by atoms with van der Waals surface area (Å²) in [5.41, 5.74) is 13.2. The van der Waals surface area contributed by atoms with E-state index in [4.69, 9.17) is 26.6 Å². The third-order valence-corrected chi connectivity index (χ3v) is 4.21. The van der Waals surface area contributed by atoms with Gasteiger partial charge in [0.05, 0.1) is 5.69 Å². The van der Waals surface area contributed by atoms with Gasteiger partial charge in [0.2, 0.25) is 5.96 Å². The standard InChI is InChI=1S/C18H16N8O3/c1-8(17(27)28)29-10-4-2-9(3-5-10)14-12-13(21)11(6-19)15(22)25-16(12)26-18(24-14)23-7-20/h2-5,8,14H,1H3,(H,27,28)(H6,21,22,23,24,25,26). The van der Waals surface area contributed by atoms with Crippen LogP contribution in [0.15, 0.2) is 29.3 Å². The van der Waals surface area contributed by atoms with Crippen LogP contribution in [0.4, 0.5) is 17.3 Å². The molecule has 11 nitrogen and oxygen atoms in total. The Balaban J connectivity index is 2.05. The van der Waals surface area contributed by atoms with Crippen LogP contribution in [0.25, 0.3) is 0 Å². The van der Waals surface area contributed by atoms with E-state index in [2.05, 4.69) is 20.6 Å². The second kappa shape index (κ2) is 7.62. The van der Waals surface area contributed by atoms with Crippen LogP contribution in [0.5, 0.6) is 5.75 Å². The molecule has 1 aromatic heterocycles. The number of aliphatic imine (C=N–C) groups is 1. The molecule has 29 heavy (non-hydrogen) atoms. The van der Waals surface area contributed by atoms with Gasteiger partial charge < -0.3 is 26.6 Å². The Morgan fingerprint density at radius 3 is 2.62 bits per heavy atom. The Bertz CT molecular complexity index is 1080. The van der Waals surface area contributed by atoms with Crippen molar-refractivity contribution >= 4 is 29.3 Å². The molecule has 0 spiro atoms. The minimum Gasteiger partial charge on any atom is -0.479 e. The van der Waals surface area contributed by atoms with Gasteiger partial charge in [-0.05, 0) is 24.6 Å². The number of carboxylic acids is 1. The van der Waals surface area contributed by atoms with Gasteiger partial charge in [0, 0.05) is 5.56 Å². The number of nitriles is 2. The highest BCUT2D eigenvalue weighted by atomic mass is 16.5. The van der Waals surface area contributed by atoms with Crippen molar-refractivity contribution in [3.05, 3.63) is 41.0 Å². The van der Waals surface area contributed by atoms with Crippen molar-refractivity contribution in [2.45, 2.75) is 19.1 Å². The molecule has 11 heteroatoms. The van der Waals surface area contributed by atoms with Crippen LogP contribution < -0.4 is 26.8 Å². The second-order valence-electron chi connectivity index (χ2n) is 6.07. The molecule has 2 atom stereocenters. The predicted octanol–water partition coefficient (Wildman–Crippen LogP) is 0.911. The lowest BCUT2D eigenvalue weighted by Gasteiger charge is -2.26. The van der Waals surface area contributed by atoms with Crippen LogP contribution in [0, 0.1) is 22.8 Å². The summed E-state index contributed by atoms with van der Waals surface area (Å²) >= 11 is 0. The topological polar surface area (TPSA) is 195 Å². The number of anilines is 3. The zero-order valence-corrected chi connectivity index (χ0v) is 15.2. The summed E-state index contributed by atoms with van der Waals surface area (Å²) in [6.07, 6.45) is 0.763. The van der Waals surface area contributed by atoms with E-state index in [-0.39, 0.29) is 28.8 Å². The normalized spacial score (nSPS) is 15.6. The molecule has 2 heterocycles. The third kappa shape index (κ3) is 3.65. The Morgan fingerprint density at radius 2 is 2.03 bits per heavy atom. The van der Waals surface area contributed by atoms with Crippen molar-refractivity contribution in [3.63, 3.8) is 0 Å². The fraction of sp³-hybridized carbons (Fsp3) is 0.167. The first kappa shape index (κ1) is 19.3. The number of carboxylic acid groups (broad SMARTS) is 1. The molecule has 7 N–H and O–H groups in total. The molecule has 0 fully saturated rings. The number of ether oxygens (including phenoxy) is 1. The summed E-state index contributed by atoms with van der Waals surface area (Å²) in [6.45, 7) is 1.42. The van der Waals surface area contributed by atoms with Crippen LogP contribution in [-0.4, -0.2) is 28.1 Å². The number of nitrogens with one attached hydrogen (secondary N) is 2. The van der Waals surface area contributed by atoms with E-state index in [1.54, 1.807) is 30.5 Å². The lowest BCUT2D eigenvalue weighted by molar-refractivity contribution is -0.144. The highest BCUT2D eigenvalue weighted by Crippen LogP contribution is 2.40. The number of carbonyl (C=O) groups is 1. The molecule has 146 valence electrons. The van der Waals surface area contributed by atoms with E-state index >= 15 is 0 Å². The highest BCUT2D eigenvalue weighted by Gasteiger charge is 2.29. The van der Waals surface area contributed by atoms with Crippen molar-refractivity contribution in [1.29, 1.82) is 10.5 Å². The van der Waals surface area contributed by atoms with E-state index in [1.165, 1.54) is 6.92 Å². The summed E-state index contributed by atoms with van der Waals surface area (Å²) in [6, 6.07) is 7.79. The number of pyridine rings is 1. The zero-order chi connectivity index (χ0) is 21.1. The van der Waals surface area contributed by atoms with E-state index in [1.807, 2.05) is 6.07 Å². The molecule has 2 aromatic rings. The lowest BCUT2D eigenvalue weighted by atomic mass is 9.95. The number of fused-ring (bicyclic) bond motifs is 1. The number of aromatic nitrogens is 1. The van der Waals surface area contributed by atoms with Crippen LogP contribution in [0.2, 0.25) is 0 Å². The zero-order valence-electron chi connectivity index (χ0n) is 15.2. The Morgan fingerprint density at radius 1 is 1.34 bits per heavy atom. The van der Waals surface area contributed by atoms with Gasteiger partial charge in [-0.1, -0.05) is 12.1 Å². The molecule has 0 saturated heterocycles. The Hall–Kier alpha value is -4.51. The third-order valence-electron chi connectivity index (χ3n) is 4.21. The summed E-state index contributed by atoms with van der Waals surface area (Å²) < 4.78 is 5.32. The maximum atomic E-state index is 10.9. The first-order valence-electron chi connectivity index (χ1n) is 8.34. The number of guanidine groups is 1. The van der Waals surface area contributed by atoms with Crippen LogP contribution in [0.1, 0.15) is 29.7 Å². The number of nitrogens with two attached hydrogens (primary N) is 2. The summed E-state index contributed by atoms with van der Waals surface area (Å²) in [5.74, 6) is -0.353. The minimum atomic E-state index is -1.08. The van der Waals surface area contributed by atoms with Crippen molar-refractivity contribution in [2.75, 3.05) is 16.8 Å². The number of aliphatic carboxylic acids is 1. The SMILES string of the molecule is CC(Oc1ccc(C2N=C(NC#N)Nc3nc(N)c(C#N)c(N)c32)cc1)C(=O)O. The molecule has 0 aliphatic carbocycles. The molecule has 3 rings (SSSR count). The Kier molecular flexibility index (Phi) is 5.06. The number of hydrogen-bond acceptors (Lipinski definition) is 10. The first-order chi connectivity index (χ1) is 13.8. The van der Waals surface area contributed by atoms with Gasteiger partial charge in [-0.2, -0.15) is 10.5 Å². The smallest absolute Gasteiger partial charge is 0.344 e. The van der Waals surface area contributed by atoms with E-state index in [0.717, 1.165) is 0 Å². The molecule has 0 saturated carbocycles. The monoisotopic (exact) mass is 392 g/mol. The van der Waals surface area contributed by atoms with Crippen LogP contribution in [-0.2, 0) is 4.79 Å². The molecule has 2 unspecified atom stereocenters. The molecular formula is C18H16N8O3. The van der Waals surface area contributed by atoms with Gasteiger partial charge in [-0.3, -0.25) is 5.32 Å². The average molecular weight is 392 g/mol. The molecule has 1 aliphatic rings. The second-order valence-corrected chi connectivity index (χ2v) is 6.07. The van der Waals surface area contributed by atoms with Gasteiger partial charge >= 0.3 is 5.97 Å². The molecule has 0 radical (unpaired) electrons. The number of rotatable bonds is 4. The highest BCUT2D eigenvalue weighted by molar-refractivity contribution is 5.98. The molecule has 0 bridgehead atoms. The largest absolute Gasteiger partial charge is 0.479 e. The molecular weight excluding hydrogens is 376 g/mol. The van der Waals surface area contributed by atoms with Crippen molar-refractivity contribution in [2.24, 2.45) is 4.99 Å². The number of hydrogen-bond donors (Lipinski definition) is 5. The van der Waals surface area contributed by atoms with Gasteiger partial charge in [0.15, 0.2) is 12.3 Å². The Labute approximate surface area is 165 Å². The quantitative estimate of drug-likeness (QED) is 0.368. The maximum absolute atomic E-state index is 10.9. The van der Waals surface area contributed by atoms with Gasteiger partial charge in [0.1, 0.15) is 35.1 Å². The molecule has 1 aromatic carbocycles. The van der Waals surface area contributed by atoms with E-state index in [9.17, 15) is 10.1 Å². The van der Waals surface area contributed by atoms with E-state index < -0.39 is 18.1 Å². The summed E-state index contributed by atoms with van der Waals surface area (Å²) in [7, 11) is 0. The number of nitrogen functional groups attached to an aromatic ring is 2. The van der Waals surface area contributed by atoms with Crippen LogP contribution >= 0.6 is 0 Å². The van der Waals surface area contributed by atoms with E-state index in [0.29, 0.717) is 16.9 Å². The number of benzene rings is 1. The van der Waals surface area contributed by atoms with Gasteiger partial charge in [0.25, 0.3) is 0 Å². The predicted molar refractivity (Wildman–Crippen MR) is 104 cm³/mol. The average Bonchev–Trinajstić information content (AvgIpc) is 2.68. The van der Waals surface area contributed by atoms with Gasteiger partial charge in [-0.15, -0.1) is 0 Å². The molecule has 0 amide bonds.